The Morgan fingerprint density at radius 2 is 1.62 bits per heavy atom. The highest BCUT2D eigenvalue weighted by Gasteiger charge is 2.36. The molecule has 4 heterocycles. The number of nitrogens with one attached hydrogen (secondary N) is 1. The molecule has 1 atom stereocenters. The van der Waals surface area contributed by atoms with Gasteiger partial charge in [-0.25, -0.2) is 9.97 Å². The van der Waals surface area contributed by atoms with Crippen molar-refractivity contribution >= 4 is 23.3 Å². The fourth-order valence-corrected chi connectivity index (χ4v) is 4.93. The van der Waals surface area contributed by atoms with Gasteiger partial charge in [0.25, 0.3) is 0 Å². The number of fused-ring (bicyclic) bond motifs is 1. The smallest absolute Gasteiger partial charge is 0.391 e. The largest absolute Gasteiger partial charge is 0.419 e. The first-order valence-corrected chi connectivity index (χ1v) is 12.5. The van der Waals surface area contributed by atoms with Gasteiger partial charge in [-0.2, -0.15) is 31.3 Å². The van der Waals surface area contributed by atoms with Gasteiger partial charge in [-0.1, -0.05) is 0 Å². The molecule has 0 radical (unpaired) electrons. The van der Waals surface area contributed by atoms with E-state index >= 15 is 0 Å². The van der Waals surface area contributed by atoms with Crippen molar-refractivity contribution in [2.24, 2.45) is 0 Å². The predicted octanol–water partition coefficient (Wildman–Crippen LogP) is 5.22. The monoisotopic (exact) mass is 552 g/mol. The fourth-order valence-electron chi connectivity index (χ4n) is 4.93. The average molecular weight is 553 g/mol. The van der Waals surface area contributed by atoms with Crippen LogP contribution in [0.3, 0.4) is 0 Å². The van der Waals surface area contributed by atoms with Crippen LogP contribution in [-0.2, 0) is 25.2 Å². The molecule has 39 heavy (non-hydrogen) atoms. The van der Waals surface area contributed by atoms with Crippen LogP contribution < -0.4 is 15.1 Å². The second kappa shape index (κ2) is 10.5. The molecule has 1 fully saturated rings. The summed E-state index contributed by atoms with van der Waals surface area (Å²) in [6.07, 6.45) is -6.30. The van der Waals surface area contributed by atoms with Crippen LogP contribution in [0.1, 0.15) is 35.2 Å². The van der Waals surface area contributed by atoms with Crippen LogP contribution in [0.5, 0.6) is 0 Å². The Morgan fingerprint density at radius 3 is 2.31 bits per heavy atom. The molecule has 3 aromatic rings. The van der Waals surface area contributed by atoms with E-state index in [-0.39, 0.29) is 25.3 Å². The normalized spacial score (nSPS) is 18.5. The van der Waals surface area contributed by atoms with E-state index < -0.39 is 29.6 Å². The van der Waals surface area contributed by atoms with Crippen molar-refractivity contribution in [1.29, 1.82) is 0 Å². The lowest BCUT2D eigenvalue weighted by molar-refractivity contribution is -0.138. The van der Waals surface area contributed by atoms with Crippen molar-refractivity contribution in [2.45, 2.75) is 44.1 Å². The van der Waals surface area contributed by atoms with Crippen molar-refractivity contribution in [3.63, 3.8) is 0 Å². The number of alkyl halides is 6. The summed E-state index contributed by atoms with van der Waals surface area (Å²) >= 11 is 0. The average Bonchev–Trinajstić information content (AvgIpc) is 3.11. The van der Waals surface area contributed by atoms with Gasteiger partial charge < -0.3 is 20.2 Å². The number of piperidine rings is 1. The van der Waals surface area contributed by atoms with Crippen molar-refractivity contribution in [3.05, 3.63) is 65.0 Å². The maximum Gasteiger partial charge on any atom is 0.419 e. The van der Waals surface area contributed by atoms with E-state index in [9.17, 15) is 31.4 Å². The Kier molecular flexibility index (Phi) is 7.27. The number of pyridine rings is 1. The van der Waals surface area contributed by atoms with Crippen LogP contribution in [0.15, 0.2) is 42.6 Å². The number of benzene rings is 1. The molecule has 0 saturated carbocycles. The number of aliphatic hydroxyl groups excluding tert-OH is 1. The molecule has 0 bridgehead atoms. The fraction of sp³-hybridized carbons (Fsp3) is 0.423. The maximum absolute atomic E-state index is 13.7. The van der Waals surface area contributed by atoms with Crippen molar-refractivity contribution in [2.75, 3.05) is 41.3 Å². The Balaban J connectivity index is 1.49. The first kappa shape index (κ1) is 27.0. The number of hydrogen-bond donors (Lipinski definition) is 2. The van der Waals surface area contributed by atoms with E-state index in [0.717, 1.165) is 24.6 Å². The summed E-state index contributed by atoms with van der Waals surface area (Å²) in [5, 5.41) is 13.3. The predicted molar refractivity (Wildman–Crippen MR) is 133 cm³/mol. The summed E-state index contributed by atoms with van der Waals surface area (Å²) in [4.78, 5) is 16.8. The van der Waals surface area contributed by atoms with Gasteiger partial charge in [0.15, 0.2) is 0 Å². The molecule has 2 N–H and O–H groups in total. The van der Waals surface area contributed by atoms with Gasteiger partial charge in [-0.3, -0.25) is 0 Å². The topological polar surface area (TPSA) is 77.4 Å². The molecular weight excluding hydrogens is 526 g/mol. The van der Waals surface area contributed by atoms with Gasteiger partial charge in [-0.15, -0.1) is 0 Å². The molecule has 0 aliphatic carbocycles. The second-order valence-corrected chi connectivity index (χ2v) is 9.60. The quantitative estimate of drug-likeness (QED) is 0.430. The third kappa shape index (κ3) is 6.02. The van der Waals surface area contributed by atoms with Crippen molar-refractivity contribution in [1.82, 2.24) is 15.0 Å². The highest BCUT2D eigenvalue weighted by Crippen LogP contribution is 2.37. The Bertz CT molecular complexity index is 1310. The van der Waals surface area contributed by atoms with Gasteiger partial charge in [-0.05, 0) is 55.7 Å². The number of aromatic nitrogens is 3. The number of nitrogens with zero attached hydrogens (tertiary/aromatic N) is 5. The number of aliphatic hydroxyl groups is 1. The molecular formula is C26H26F6N6O. The zero-order valence-corrected chi connectivity index (χ0v) is 20.7. The van der Waals surface area contributed by atoms with Gasteiger partial charge in [0.1, 0.15) is 11.6 Å². The molecule has 5 rings (SSSR count). The Morgan fingerprint density at radius 1 is 0.872 bits per heavy atom. The number of β-amino-alcohol motifs (C(OH)–C–C–N with tert-alkyl or cyclic N) is 1. The zero-order valence-electron chi connectivity index (χ0n) is 20.7. The third-order valence-corrected chi connectivity index (χ3v) is 6.88. The van der Waals surface area contributed by atoms with Gasteiger partial charge in [0.2, 0.25) is 5.95 Å². The lowest BCUT2D eigenvalue weighted by Crippen LogP contribution is -2.39. The lowest BCUT2D eigenvalue weighted by Gasteiger charge is -2.31. The third-order valence-electron chi connectivity index (χ3n) is 6.88. The van der Waals surface area contributed by atoms with Crippen molar-refractivity contribution < 1.29 is 31.4 Å². The Hall–Kier alpha value is -3.61. The lowest BCUT2D eigenvalue weighted by atomic mass is 10.1. The summed E-state index contributed by atoms with van der Waals surface area (Å²) in [5.74, 6) is 0.556. The summed E-state index contributed by atoms with van der Waals surface area (Å²) in [6, 6.07) is 6.77. The molecule has 208 valence electrons. The second-order valence-electron chi connectivity index (χ2n) is 9.60. The summed E-state index contributed by atoms with van der Waals surface area (Å²) < 4.78 is 80.1. The van der Waals surface area contributed by atoms with Gasteiger partial charge >= 0.3 is 12.4 Å². The zero-order chi connectivity index (χ0) is 27.8. The first-order chi connectivity index (χ1) is 18.5. The van der Waals surface area contributed by atoms with Crippen LogP contribution in [0, 0.1) is 0 Å². The molecule has 0 unspecified atom stereocenters. The minimum atomic E-state index is -4.57. The van der Waals surface area contributed by atoms with Crippen LogP contribution in [0.4, 0.5) is 49.6 Å². The van der Waals surface area contributed by atoms with E-state index in [1.165, 1.54) is 24.4 Å². The molecule has 2 aliphatic heterocycles. The number of halogens is 6. The van der Waals surface area contributed by atoms with E-state index in [1.54, 1.807) is 4.90 Å². The molecule has 13 heteroatoms. The highest BCUT2D eigenvalue weighted by atomic mass is 19.4. The van der Waals surface area contributed by atoms with Crippen LogP contribution in [-0.4, -0.2) is 52.3 Å². The number of rotatable bonds is 4. The first-order valence-electron chi connectivity index (χ1n) is 12.5. The van der Waals surface area contributed by atoms with E-state index in [1.807, 2.05) is 4.90 Å². The molecule has 1 saturated heterocycles. The molecule has 2 aromatic heterocycles. The number of hydrogen-bond acceptors (Lipinski definition) is 7. The number of anilines is 4. The molecule has 0 spiro atoms. The van der Waals surface area contributed by atoms with Gasteiger partial charge in [0, 0.05) is 50.0 Å². The van der Waals surface area contributed by atoms with Gasteiger partial charge in [0.05, 0.1) is 22.9 Å². The summed E-state index contributed by atoms with van der Waals surface area (Å²) in [7, 11) is 0. The van der Waals surface area contributed by atoms with E-state index in [0.29, 0.717) is 54.6 Å². The molecule has 7 nitrogen and oxygen atoms in total. The SMILES string of the molecule is O[C@H]1CCCN(c2nc3c(c(Nc4ccc(C(F)(F)F)cc4)n2)CCN(c2ncccc2C(F)(F)F)CC3)C1. The van der Waals surface area contributed by atoms with E-state index in [2.05, 4.69) is 15.3 Å². The standard InChI is InChI=1S/C26H26F6N6O/c27-25(28,29)16-5-7-17(8-6-16)34-22-19-9-13-37(23-20(26(30,31)32)4-1-11-33-23)14-10-21(19)35-24(36-22)38-12-2-3-18(39)15-38/h1,4-8,11,18,39H,2-3,9-10,12-15H2,(H,34,35,36)/t18-/m0/s1. The molecule has 2 aliphatic rings. The summed E-state index contributed by atoms with van der Waals surface area (Å²) in [5.41, 5.74) is 0.0561. The van der Waals surface area contributed by atoms with Crippen LogP contribution in [0.2, 0.25) is 0 Å². The highest BCUT2D eigenvalue weighted by molar-refractivity contribution is 5.63. The molecule has 1 aromatic carbocycles. The van der Waals surface area contributed by atoms with Crippen molar-refractivity contribution in [3.8, 4) is 0 Å². The van der Waals surface area contributed by atoms with Crippen LogP contribution in [0.25, 0.3) is 0 Å². The molecule has 0 amide bonds. The van der Waals surface area contributed by atoms with E-state index in [4.69, 9.17) is 4.98 Å². The minimum absolute atomic E-state index is 0.164. The Labute approximate surface area is 220 Å². The minimum Gasteiger partial charge on any atom is -0.391 e. The van der Waals surface area contributed by atoms with Crippen LogP contribution >= 0.6 is 0 Å². The maximum atomic E-state index is 13.7. The summed E-state index contributed by atoms with van der Waals surface area (Å²) in [6.45, 7) is 1.38.